The number of nitrogens with one attached hydrogen (secondary N) is 2. The first kappa shape index (κ1) is 18.2. The minimum Gasteiger partial charge on any atom is -0.360 e. The molecule has 130 valence electrons. The Morgan fingerprint density at radius 2 is 2.04 bits per heavy atom. The number of amides is 1. The number of anilines is 1. The second kappa shape index (κ2) is 7.14. The standard InChI is InChI=1S/C16H21N3O4S/c1-5-13-7-6-8-14(9-13)17-16(20)11(3)19-24(21,22)15-10(2)18-23-12(15)4/h6-9,11,19H,5H2,1-4H3,(H,17,20)/t11-/m0/s1. The van der Waals surface area contributed by atoms with Gasteiger partial charge in [-0.25, -0.2) is 8.42 Å². The minimum atomic E-state index is -3.89. The van der Waals surface area contributed by atoms with Crippen LogP contribution in [0.4, 0.5) is 5.69 Å². The van der Waals surface area contributed by atoms with Crippen molar-refractivity contribution in [1.29, 1.82) is 0 Å². The van der Waals surface area contributed by atoms with Gasteiger partial charge in [0.05, 0.1) is 6.04 Å². The predicted molar refractivity (Wildman–Crippen MR) is 90.2 cm³/mol. The normalized spacial score (nSPS) is 12.8. The fourth-order valence-electron chi connectivity index (χ4n) is 2.32. The number of aryl methyl sites for hydroxylation is 3. The summed E-state index contributed by atoms with van der Waals surface area (Å²) in [6.45, 7) is 6.54. The fourth-order valence-corrected chi connectivity index (χ4v) is 3.86. The van der Waals surface area contributed by atoms with Crippen LogP contribution in [-0.2, 0) is 21.2 Å². The molecule has 2 aromatic rings. The Bertz CT molecular complexity index is 823. The lowest BCUT2D eigenvalue weighted by molar-refractivity contribution is -0.117. The van der Waals surface area contributed by atoms with E-state index in [1.165, 1.54) is 20.8 Å². The number of sulfonamides is 1. The second-order valence-electron chi connectivity index (χ2n) is 5.54. The molecule has 1 aromatic carbocycles. The average molecular weight is 351 g/mol. The van der Waals surface area contributed by atoms with Gasteiger partial charge in [0.2, 0.25) is 15.9 Å². The van der Waals surface area contributed by atoms with Crippen molar-refractivity contribution in [2.75, 3.05) is 5.32 Å². The third-order valence-electron chi connectivity index (χ3n) is 3.56. The molecule has 0 saturated carbocycles. The molecule has 0 saturated heterocycles. The summed E-state index contributed by atoms with van der Waals surface area (Å²) in [5.74, 6) is -0.262. The molecule has 1 atom stereocenters. The molecule has 8 heteroatoms. The number of hydrogen-bond donors (Lipinski definition) is 2. The van der Waals surface area contributed by atoms with Crippen molar-refractivity contribution in [2.24, 2.45) is 0 Å². The molecule has 1 heterocycles. The van der Waals surface area contributed by atoms with Gasteiger partial charge in [-0.1, -0.05) is 24.2 Å². The third-order valence-corrected chi connectivity index (χ3v) is 5.35. The second-order valence-corrected chi connectivity index (χ2v) is 7.19. The van der Waals surface area contributed by atoms with Crippen LogP contribution in [-0.4, -0.2) is 25.5 Å². The number of benzene rings is 1. The van der Waals surface area contributed by atoms with E-state index in [4.69, 9.17) is 4.52 Å². The summed E-state index contributed by atoms with van der Waals surface area (Å²) in [5, 5.41) is 6.34. The van der Waals surface area contributed by atoms with E-state index in [9.17, 15) is 13.2 Å². The molecular weight excluding hydrogens is 330 g/mol. The van der Waals surface area contributed by atoms with Crippen molar-refractivity contribution >= 4 is 21.6 Å². The Morgan fingerprint density at radius 1 is 1.33 bits per heavy atom. The van der Waals surface area contributed by atoms with Crippen molar-refractivity contribution in [3.05, 3.63) is 41.3 Å². The van der Waals surface area contributed by atoms with Gasteiger partial charge in [-0.3, -0.25) is 4.79 Å². The monoisotopic (exact) mass is 351 g/mol. The van der Waals surface area contributed by atoms with Crippen molar-refractivity contribution < 1.29 is 17.7 Å². The Morgan fingerprint density at radius 3 is 2.62 bits per heavy atom. The SMILES string of the molecule is CCc1cccc(NC(=O)[C@H](C)NS(=O)(=O)c2c(C)noc2C)c1. The highest BCUT2D eigenvalue weighted by atomic mass is 32.2. The molecule has 0 spiro atoms. The van der Waals surface area contributed by atoms with E-state index in [1.54, 1.807) is 6.07 Å². The molecule has 24 heavy (non-hydrogen) atoms. The first-order valence-corrected chi connectivity index (χ1v) is 9.08. The Labute approximate surface area is 141 Å². The zero-order valence-electron chi connectivity index (χ0n) is 14.1. The maximum absolute atomic E-state index is 12.4. The van der Waals surface area contributed by atoms with Gasteiger partial charge in [-0.2, -0.15) is 4.72 Å². The largest absolute Gasteiger partial charge is 0.360 e. The van der Waals surface area contributed by atoms with Gasteiger partial charge in [0.15, 0.2) is 5.76 Å². The van der Waals surface area contributed by atoms with Crippen LogP contribution in [0.2, 0.25) is 0 Å². The van der Waals surface area contributed by atoms with Gasteiger partial charge >= 0.3 is 0 Å². The zero-order valence-corrected chi connectivity index (χ0v) is 14.9. The van der Waals surface area contributed by atoms with E-state index in [2.05, 4.69) is 15.2 Å². The van der Waals surface area contributed by atoms with E-state index in [0.717, 1.165) is 12.0 Å². The lowest BCUT2D eigenvalue weighted by Crippen LogP contribution is -2.41. The highest BCUT2D eigenvalue weighted by Gasteiger charge is 2.28. The molecule has 1 amide bonds. The summed E-state index contributed by atoms with van der Waals surface area (Å²) in [4.78, 5) is 12.2. The highest BCUT2D eigenvalue weighted by molar-refractivity contribution is 7.89. The summed E-state index contributed by atoms with van der Waals surface area (Å²) >= 11 is 0. The maximum atomic E-state index is 12.4. The average Bonchev–Trinajstić information content (AvgIpc) is 2.86. The summed E-state index contributed by atoms with van der Waals surface area (Å²) in [6, 6.07) is 6.46. The number of hydrogen-bond acceptors (Lipinski definition) is 5. The molecule has 0 fully saturated rings. The van der Waals surface area contributed by atoms with E-state index in [-0.39, 0.29) is 16.3 Å². The lowest BCUT2D eigenvalue weighted by atomic mass is 10.1. The van der Waals surface area contributed by atoms with Crippen LogP contribution in [0.25, 0.3) is 0 Å². The van der Waals surface area contributed by atoms with Crippen molar-refractivity contribution in [3.63, 3.8) is 0 Å². The van der Waals surface area contributed by atoms with Crippen molar-refractivity contribution in [2.45, 2.75) is 45.1 Å². The van der Waals surface area contributed by atoms with Crippen LogP contribution in [0.3, 0.4) is 0 Å². The van der Waals surface area contributed by atoms with E-state index >= 15 is 0 Å². The van der Waals surface area contributed by atoms with Crippen LogP contribution in [0.15, 0.2) is 33.7 Å². The molecular formula is C16H21N3O4S. The Balaban J connectivity index is 2.11. The molecule has 0 aliphatic rings. The molecule has 2 N–H and O–H groups in total. The number of carbonyl (C=O) groups excluding carboxylic acids is 1. The molecule has 2 rings (SSSR count). The summed E-state index contributed by atoms with van der Waals surface area (Å²) in [7, 11) is -3.89. The molecule has 1 aromatic heterocycles. The summed E-state index contributed by atoms with van der Waals surface area (Å²) in [6.07, 6.45) is 0.845. The smallest absolute Gasteiger partial charge is 0.246 e. The first-order chi connectivity index (χ1) is 11.2. The quantitative estimate of drug-likeness (QED) is 0.830. The van der Waals surface area contributed by atoms with Crippen LogP contribution in [0.5, 0.6) is 0 Å². The maximum Gasteiger partial charge on any atom is 0.246 e. The predicted octanol–water partition coefficient (Wildman–Crippen LogP) is 2.16. The van der Waals surface area contributed by atoms with E-state index in [0.29, 0.717) is 5.69 Å². The number of nitrogens with zero attached hydrogens (tertiary/aromatic N) is 1. The van der Waals surface area contributed by atoms with Crippen LogP contribution >= 0.6 is 0 Å². The van der Waals surface area contributed by atoms with Crippen molar-refractivity contribution in [1.82, 2.24) is 9.88 Å². The molecule has 0 radical (unpaired) electrons. The van der Waals surface area contributed by atoms with E-state index in [1.807, 2.05) is 25.1 Å². The van der Waals surface area contributed by atoms with Gasteiger partial charge < -0.3 is 9.84 Å². The zero-order chi connectivity index (χ0) is 17.9. The Kier molecular flexibility index (Phi) is 5.40. The lowest BCUT2D eigenvalue weighted by Gasteiger charge is -2.14. The number of aromatic nitrogens is 1. The molecule has 0 unspecified atom stereocenters. The molecule has 0 aliphatic heterocycles. The van der Waals surface area contributed by atoms with Crippen LogP contribution < -0.4 is 10.0 Å². The van der Waals surface area contributed by atoms with Gasteiger partial charge in [-0.05, 0) is 44.9 Å². The van der Waals surface area contributed by atoms with Crippen LogP contribution in [0.1, 0.15) is 30.9 Å². The molecule has 0 bridgehead atoms. The first-order valence-electron chi connectivity index (χ1n) is 7.59. The van der Waals surface area contributed by atoms with Gasteiger partial charge in [0.1, 0.15) is 10.6 Å². The highest BCUT2D eigenvalue weighted by Crippen LogP contribution is 2.19. The minimum absolute atomic E-state index is 0.0323. The van der Waals surface area contributed by atoms with Crippen LogP contribution in [0, 0.1) is 13.8 Å². The van der Waals surface area contributed by atoms with Crippen molar-refractivity contribution in [3.8, 4) is 0 Å². The Hall–Kier alpha value is -2.19. The van der Waals surface area contributed by atoms with Gasteiger partial charge in [0.25, 0.3) is 0 Å². The van der Waals surface area contributed by atoms with E-state index < -0.39 is 22.0 Å². The summed E-state index contributed by atoms with van der Waals surface area (Å²) < 4.78 is 32.0. The van der Waals surface area contributed by atoms with Gasteiger partial charge in [-0.15, -0.1) is 0 Å². The molecule has 0 aliphatic carbocycles. The van der Waals surface area contributed by atoms with Gasteiger partial charge in [0, 0.05) is 5.69 Å². The topological polar surface area (TPSA) is 101 Å². The summed E-state index contributed by atoms with van der Waals surface area (Å²) in [5.41, 5.74) is 1.96. The molecule has 7 nitrogen and oxygen atoms in total. The fraction of sp³-hybridized carbons (Fsp3) is 0.375. The number of rotatable bonds is 6. The third kappa shape index (κ3) is 4.01. The number of carbonyl (C=O) groups is 1.